The minimum Gasteiger partial charge on any atom is -0.361 e. The minimum absolute atomic E-state index is 0.0494. The Kier molecular flexibility index (Phi) is 3.49. The number of alkyl halides is 1. The minimum atomic E-state index is -0.0494. The van der Waals surface area contributed by atoms with Crippen molar-refractivity contribution in [3.8, 4) is 0 Å². The summed E-state index contributed by atoms with van der Waals surface area (Å²) in [6.07, 6.45) is 2.12. The predicted octanol–water partition coefficient (Wildman–Crippen LogP) is 2.07. The van der Waals surface area contributed by atoms with Crippen LogP contribution < -0.4 is 0 Å². The number of hydrogen-bond donors (Lipinski definition) is 0. The second kappa shape index (κ2) is 4.87. The Morgan fingerprint density at radius 3 is 3.19 bits per heavy atom. The van der Waals surface area contributed by atoms with Gasteiger partial charge < -0.3 is 9.42 Å². The van der Waals surface area contributed by atoms with Crippen LogP contribution >= 0.6 is 11.6 Å². The highest BCUT2D eigenvalue weighted by atomic mass is 35.5. The van der Waals surface area contributed by atoms with Gasteiger partial charge in [-0.1, -0.05) is 5.16 Å². The molecule has 0 spiro atoms. The molecule has 1 saturated heterocycles. The number of piperidine rings is 1. The summed E-state index contributed by atoms with van der Waals surface area (Å²) in [6, 6.07) is 1.67. The van der Waals surface area contributed by atoms with Gasteiger partial charge in [0.25, 0.3) is 5.91 Å². The second-order valence-corrected chi connectivity index (χ2v) is 4.55. The number of aryl methyl sites for hydroxylation is 1. The molecular weight excluding hydrogens is 228 g/mol. The first kappa shape index (κ1) is 11.5. The molecule has 1 aliphatic rings. The molecule has 1 aliphatic heterocycles. The fraction of sp³-hybridized carbons (Fsp3) is 0.636. The van der Waals surface area contributed by atoms with Crippen LogP contribution in [-0.2, 0) is 0 Å². The van der Waals surface area contributed by atoms with Gasteiger partial charge in [-0.25, -0.2) is 0 Å². The number of hydrogen-bond acceptors (Lipinski definition) is 3. The van der Waals surface area contributed by atoms with Gasteiger partial charge in [0.2, 0.25) is 0 Å². The number of carbonyl (C=O) groups is 1. The molecule has 0 radical (unpaired) electrons. The van der Waals surface area contributed by atoms with Crippen LogP contribution in [0.5, 0.6) is 0 Å². The Bertz CT molecular complexity index is 378. The van der Waals surface area contributed by atoms with Crippen LogP contribution in [0.2, 0.25) is 0 Å². The third-order valence-corrected chi connectivity index (χ3v) is 3.31. The number of amides is 1. The van der Waals surface area contributed by atoms with E-state index in [0.29, 0.717) is 23.3 Å². The Labute approximate surface area is 99.5 Å². The van der Waals surface area contributed by atoms with Crippen molar-refractivity contribution < 1.29 is 9.32 Å². The van der Waals surface area contributed by atoms with E-state index >= 15 is 0 Å². The lowest BCUT2D eigenvalue weighted by Gasteiger charge is -2.31. The first-order valence-electron chi connectivity index (χ1n) is 5.49. The molecule has 1 atom stereocenters. The molecule has 0 saturated carbocycles. The summed E-state index contributed by atoms with van der Waals surface area (Å²) in [5.74, 6) is 1.63. The SMILES string of the molecule is Cc1cc(C(=O)N2CCCC(CCl)C2)no1. The van der Waals surface area contributed by atoms with Crippen LogP contribution in [-0.4, -0.2) is 34.9 Å². The molecule has 1 unspecified atom stereocenters. The van der Waals surface area contributed by atoms with Crippen molar-refractivity contribution in [3.63, 3.8) is 0 Å². The molecule has 1 aromatic heterocycles. The topological polar surface area (TPSA) is 46.3 Å². The first-order chi connectivity index (χ1) is 7.70. The Hall–Kier alpha value is -1.03. The monoisotopic (exact) mass is 242 g/mol. The van der Waals surface area contributed by atoms with E-state index in [1.54, 1.807) is 13.0 Å². The molecule has 0 bridgehead atoms. The lowest BCUT2D eigenvalue weighted by molar-refractivity contribution is 0.0674. The van der Waals surface area contributed by atoms with Crippen molar-refractivity contribution in [2.24, 2.45) is 5.92 Å². The normalized spacial score (nSPS) is 21.1. The summed E-state index contributed by atoms with van der Waals surface area (Å²) >= 11 is 5.83. The number of nitrogens with zero attached hydrogens (tertiary/aromatic N) is 2. The number of halogens is 1. The van der Waals surface area contributed by atoms with Crippen LogP contribution in [0.3, 0.4) is 0 Å². The van der Waals surface area contributed by atoms with Gasteiger partial charge in [0.05, 0.1) is 0 Å². The molecule has 0 N–H and O–H groups in total. The lowest BCUT2D eigenvalue weighted by Crippen LogP contribution is -2.40. The maximum Gasteiger partial charge on any atom is 0.276 e. The van der Waals surface area contributed by atoms with E-state index in [1.165, 1.54) is 0 Å². The third kappa shape index (κ3) is 2.38. The van der Waals surface area contributed by atoms with Crippen LogP contribution in [0.1, 0.15) is 29.1 Å². The summed E-state index contributed by atoms with van der Waals surface area (Å²) in [7, 11) is 0. The first-order valence-corrected chi connectivity index (χ1v) is 6.02. The zero-order chi connectivity index (χ0) is 11.5. The van der Waals surface area contributed by atoms with Gasteiger partial charge in [-0.15, -0.1) is 11.6 Å². The molecule has 1 amide bonds. The molecule has 16 heavy (non-hydrogen) atoms. The van der Waals surface area contributed by atoms with Crippen LogP contribution in [0.25, 0.3) is 0 Å². The van der Waals surface area contributed by atoms with Gasteiger partial charge in [-0.2, -0.15) is 0 Å². The van der Waals surface area contributed by atoms with Gasteiger partial charge in [-0.3, -0.25) is 4.79 Å². The number of likely N-dealkylation sites (tertiary alicyclic amines) is 1. The smallest absolute Gasteiger partial charge is 0.276 e. The Morgan fingerprint density at radius 1 is 1.75 bits per heavy atom. The van der Waals surface area contributed by atoms with E-state index in [0.717, 1.165) is 25.9 Å². The standard InChI is InChI=1S/C11H15ClN2O2/c1-8-5-10(13-16-8)11(15)14-4-2-3-9(6-12)7-14/h5,9H,2-4,6-7H2,1H3. The summed E-state index contributed by atoms with van der Waals surface area (Å²) in [4.78, 5) is 13.8. The molecule has 2 rings (SSSR count). The average molecular weight is 243 g/mol. The van der Waals surface area contributed by atoms with Gasteiger partial charge in [0.15, 0.2) is 5.69 Å². The van der Waals surface area contributed by atoms with E-state index in [1.807, 2.05) is 4.90 Å². The summed E-state index contributed by atoms with van der Waals surface area (Å²) in [5.41, 5.74) is 0.396. The maximum atomic E-state index is 12.0. The largest absolute Gasteiger partial charge is 0.361 e. The quantitative estimate of drug-likeness (QED) is 0.746. The van der Waals surface area contributed by atoms with Crippen molar-refractivity contribution in [1.82, 2.24) is 10.1 Å². The molecule has 0 aromatic carbocycles. The molecule has 1 aromatic rings. The summed E-state index contributed by atoms with van der Waals surface area (Å²) in [6.45, 7) is 3.30. The third-order valence-electron chi connectivity index (χ3n) is 2.87. The highest BCUT2D eigenvalue weighted by Gasteiger charge is 2.25. The van der Waals surface area contributed by atoms with E-state index in [9.17, 15) is 4.79 Å². The maximum absolute atomic E-state index is 12.0. The second-order valence-electron chi connectivity index (χ2n) is 4.24. The molecule has 0 aliphatic carbocycles. The van der Waals surface area contributed by atoms with Crippen molar-refractivity contribution in [3.05, 3.63) is 17.5 Å². The zero-order valence-corrected chi connectivity index (χ0v) is 10.0. The summed E-state index contributed by atoms with van der Waals surface area (Å²) < 4.78 is 4.91. The Morgan fingerprint density at radius 2 is 2.56 bits per heavy atom. The van der Waals surface area contributed by atoms with Crippen molar-refractivity contribution in [2.75, 3.05) is 19.0 Å². The molecule has 1 fully saturated rings. The molecule has 4 nitrogen and oxygen atoms in total. The van der Waals surface area contributed by atoms with Crippen molar-refractivity contribution in [2.45, 2.75) is 19.8 Å². The van der Waals surface area contributed by atoms with Gasteiger partial charge >= 0.3 is 0 Å². The van der Waals surface area contributed by atoms with Crippen LogP contribution in [0, 0.1) is 12.8 Å². The van der Waals surface area contributed by atoms with Gasteiger partial charge in [-0.05, 0) is 25.7 Å². The van der Waals surface area contributed by atoms with Gasteiger partial charge in [0, 0.05) is 25.0 Å². The fourth-order valence-electron chi connectivity index (χ4n) is 2.00. The molecular formula is C11H15ClN2O2. The van der Waals surface area contributed by atoms with E-state index < -0.39 is 0 Å². The molecule has 88 valence electrons. The van der Waals surface area contributed by atoms with E-state index in [-0.39, 0.29) is 5.91 Å². The Balaban J connectivity index is 2.04. The van der Waals surface area contributed by atoms with E-state index in [2.05, 4.69) is 5.16 Å². The summed E-state index contributed by atoms with van der Waals surface area (Å²) in [5, 5.41) is 3.74. The average Bonchev–Trinajstić information content (AvgIpc) is 2.75. The molecule has 2 heterocycles. The number of rotatable bonds is 2. The zero-order valence-electron chi connectivity index (χ0n) is 9.28. The highest BCUT2D eigenvalue weighted by molar-refractivity contribution is 6.18. The highest BCUT2D eigenvalue weighted by Crippen LogP contribution is 2.19. The van der Waals surface area contributed by atoms with Crippen LogP contribution in [0.4, 0.5) is 0 Å². The van der Waals surface area contributed by atoms with Gasteiger partial charge in [0.1, 0.15) is 5.76 Å². The molecule has 5 heteroatoms. The van der Waals surface area contributed by atoms with Crippen LogP contribution in [0.15, 0.2) is 10.6 Å². The van der Waals surface area contributed by atoms with Crippen molar-refractivity contribution >= 4 is 17.5 Å². The lowest BCUT2D eigenvalue weighted by atomic mass is 10.00. The number of carbonyl (C=O) groups excluding carboxylic acids is 1. The number of aromatic nitrogens is 1. The van der Waals surface area contributed by atoms with E-state index in [4.69, 9.17) is 16.1 Å². The fourth-order valence-corrected chi connectivity index (χ4v) is 2.26. The predicted molar refractivity (Wildman–Crippen MR) is 60.6 cm³/mol. The van der Waals surface area contributed by atoms with Crippen molar-refractivity contribution in [1.29, 1.82) is 0 Å².